The van der Waals surface area contributed by atoms with Crippen LogP contribution in [0.3, 0.4) is 0 Å². The zero-order valence-electron chi connectivity index (χ0n) is 12.9. The molecule has 0 fully saturated rings. The van der Waals surface area contributed by atoms with Crippen LogP contribution in [0.5, 0.6) is 0 Å². The van der Waals surface area contributed by atoms with Crippen LogP contribution in [0.1, 0.15) is 49.7 Å². The molecule has 1 aromatic heterocycles. The van der Waals surface area contributed by atoms with Gasteiger partial charge in [-0.25, -0.2) is 8.78 Å². The molecule has 0 aromatic carbocycles. The summed E-state index contributed by atoms with van der Waals surface area (Å²) in [5.41, 5.74) is -0.574. The average molecular weight is 317 g/mol. The normalized spacial score (nSPS) is 11.2. The summed E-state index contributed by atoms with van der Waals surface area (Å²) in [6.07, 6.45) is -1.92. The Labute approximate surface area is 127 Å². The third-order valence-corrected chi connectivity index (χ3v) is 3.12. The van der Waals surface area contributed by atoms with Gasteiger partial charge >= 0.3 is 5.97 Å². The smallest absolute Gasteiger partial charge is 0.305 e. The van der Waals surface area contributed by atoms with Gasteiger partial charge in [0.05, 0.1) is 18.2 Å². The second kappa shape index (κ2) is 7.86. The fraction of sp³-hybridized carbons (Fsp3) is 0.643. The highest BCUT2D eigenvalue weighted by Crippen LogP contribution is 2.25. The topological polar surface area (TPSA) is 75.4 Å². The molecule has 0 saturated carbocycles. The molecule has 0 spiro atoms. The van der Waals surface area contributed by atoms with E-state index >= 15 is 0 Å². The van der Waals surface area contributed by atoms with Gasteiger partial charge < -0.3 is 10.0 Å². The van der Waals surface area contributed by atoms with Crippen molar-refractivity contribution in [3.63, 3.8) is 0 Å². The van der Waals surface area contributed by atoms with Crippen molar-refractivity contribution in [1.82, 2.24) is 14.7 Å². The monoisotopic (exact) mass is 317 g/mol. The number of hydrogen-bond donors (Lipinski definition) is 1. The van der Waals surface area contributed by atoms with E-state index in [-0.39, 0.29) is 37.5 Å². The first-order valence-electron chi connectivity index (χ1n) is 7.12. The number of carboxylic acid groups (broad SMARTS) is 1. The Morgan fingerprint density at radius 2 is 2.05 bits per heavy atom. The number of carbonyl (C=O) groups excluding carboxylic acids is 1. The second-order valence-corrected chi connectivity index (χ2v) is 5.35. The standard InChI is InChI=1S/C14H21F2N3O3/c1-4-18(6-5-11(20)21)14(22)10-7-17-19(8-9(2)3)12(10)13(15)16/h7,9,13H,4-6,8H2,1-3H3,(H,20,21). The van der Waals surface area contributed by atoms with Gasteiger partial charge in [-0.15, -0.1) is 0 Å². The Morgan fingerprint density at radius 1 is 1.41 bits per heavy atom. The van der Waals surface area contributed by atoms with Crippen LogP contribution >= 0.6 is 0 Å². The third-order valence-electron chi connectivity index (χ3n) is 3.12. The summed E-state index contributed by atoms with van der Waals surface area (Å²) in [5.74, 6) is -1.56. The molecular weight excluding hydrogens is 296 g/mol. The van der Waals surface area contributed by atoms with Gasteiger partial charge in [-0.05, 0) is 12.8 Å². The Bertz CT molecular complexity index is 529. The molecule has 0 aliphatic heterocycles. The van der Waals surface area contributed by atoms with Crippen molar-refractivity contribution in [3.8, 4) is 0 Å². The van der Waals surface area contributed by atoms with E-state index in [4.69, 9.17) is 5.11 Å². The molecular formula is C14H21F2N3O3. The summed E-state index contributed by atoms with van der Waals surface area (Å²) in [5, 5.41) is 12.6. The number of alkyl halides is 2. The van der Waals surface area contributed by atoms with Gasteiger partial charge in [0.1, 0.15) is 5.69 Å². The number of amides is 1. The Hall–Kier alpha value is -1.99. The first kappa shape index (κ1) is 18.1. The minimum Gasteiger partial charge on any atom is -0.481 e. The minimum atomic E-state index is -2.82. The zero-order valence-corrected chi connectivity index (χ0v) is 12.9. The molecule has 22 heavy (non-hydrogen) atoms. The molecule has 1 heterocycles. The Morgan fingerprint density at radius 3 is 2.50 bits per heavy atom. The summed E-state index contributed by atoms with van der Waals surface area (Å²) in [7, 11) is 0. The molecule has 0 atom stereocenters. The summed E-state index contributed by atoms with van der Waals surface area (Å²) in [6, 6.07) is 0. The van der Waals surface area contributed by atoms with Gasteiger partial charge in [0.25, 0.3) is 12.3 Å². The summed E-state index contributed by atoms with van der Waals surface area (Å²) >= 11 is 0. The predicted octanol–water partition coefficient (Wildman–Crippen LogP) is 2.41. The van der Waals surface area contributed by atoms with E-state index in [0.29, 0.717) is 0 Å². The van der Waals surface area contributed by atoms with E-state index in [1.165, 1.54) is 4.90 Å². The van der Waals surface area contributed by atoms with E-state index in [2.05, 4.69) is 5.10 Å². The van der Waals surface area contributed by atoms with Crippen molar-refractivity contribution in [2.75, 3.05) is 13.1 Å². The maximum Gasteiger partial charge on any atom is 0.305 e. The Kier molecular flexibility index (Phi) is 6.45. The molecule has 1 N–H and O–H groups in total. The molecule has 1 aromatic rings. The highest BCUT2D eigenvalue weighted by Gasteiger charge is 2.27. The Balaban J connectivity index is 3.05. The van der Waals surface area contributed by atoms with Crippen molar-refractivity contribution < 1.29 is 23.5 Å². The lowest BCUT2D eigenvalue weighted by atomic mass is 10.2. The molecule has 0 aliphatic carbocycles. The highest BCUT2D eigenvalue weighted by molar-refractivity contribution is 5.95. The van der Waals surface area contributed by atoms with E-state index < -0.39 is 24.0 Å². The molecule has 6 nitrogen and oxygen atoms in total. The zero-order chi connectivity index (χ0) is 16.9. The van der Waals surface area contributed by atoms with Crippen LogP contribution in [0, 0.1) is 5.92 Å². The number of carboxylic acids is 1. The van der Waals surface area contributed by atoms with Gasteiger partial charge in [-0.1, -0.05) is 13.8 Å². The number of hydrogen-bond acceptors (Lipinski definition) is 3. The maximum atomic E-state index is 13.3. The van der Waals surface area contributed by atoms with Crippen LogP contribution < -0.4 is 0 Å². The lowest BCUT2D eigenvalue weighted by Crippen LogP contribution is -2.33. The third kappa shape index (κ3) is 4.51. The molecule has 0 unspecified atom stereocenters. The lowest BCUT2D eigenvalue weighted by molar-refractivity contribution is -0.137. The number of halogens is 2. The second-order valence-electron chi connectivity index (χ2n) is 5.35. The molecule has 0 aliphatic rings. The fourth-order valence-electron chi connectivity index (χ4n) is 2.09. The van der Waals surface area contributed by atoms with Gasteiger partial charge in [-0.3, -0.25) is 14.3 Å². The number of aromatic nitrogens is 2. The molecule has 1 amide bonds. The first-order valence-corrected chi connectivity index (χ1v) is 7.12. The first-order chi connectivity index (χ1) is 10.3. The largest absolute Gasteiger partial charge is 0.481 e. The molecule has 0 bridgehead atoms. The highest BCUT2D eigenvalue weighted by atomic mass is 19.3. The van der Waals surface area contributed by atoms with Crippen LogP contribution in [0.25, 0.3) is 0 Å². The number of aliphatic carboxylic acids is 1. The van der Waals surface area contributed by atoms with Crippen LogP contribution in [-0.2, 0) is 11.3 Å². The number of rotatable bonds is 8. The number of nitrogens with zero attached hydrogens (tertiary/aromatic N) is 3. The molecule has 8 heteroatoms. The van der Waals surface area contributed by atoms with Crippen molar-refractivity contribution in [3.05, 3.63) is 17.5 Å². The maximum absolute atomic E-state index is 13.3. The predicted molar refractivity (Wildman–Crippen MR) is 75.9 cm³/mol. The molecule has 0 radical (unpaired) electrons. The fourth-order valence-corrected chi connectivity index (χ4v) is 2.09. The van der Waals surface area contributed by atoms with Crippen LogP contribution in [0.2, 0.25) is 0 Å². The van der Waals surface area contributed by atoms with E-state index in [1.54, 1.807) is 6.92 Å². The molecule has 0 saturated heterocycles. The summed E-state index contributed by atoms with van der Waals surface area (Å²) in [6.45, 7) is 5.90. The number of carbonyl (C=O) groups is 2. The van der Waals surface area contributed by atoms with Gasteiger partial charge in [-0.2, -0.15) is 5.10 Å². The van der Waals surface area contributed by atoms with Crippen LogP contribution in [-0.4, -0.2) is 44.8 Å². The van der Waals surface area contributed by atoms with Crippen molar-refractivity contribution >= 4 is 11.9 Å². The van der Waals surface area contributed by atoms with Crippen LogP contribution in [0.15, 0.2) is 6.20 Å². The molecule has 1 rings (SSSR count). The van der Waals surface area contributed by atoms with Crippen molar-refractivity contribution in [2.24, 2.45) is 5.92 Å². The summed E-state index contributed by atoms with van der Waals surface area (Å²) < 4.78 is 27.7. The SMILES string of the molecule is CCN(CCC(=O)O)C(=O)c1cnn(CC(C)C)c1C(F)F. The quantitative estimate of drug-likeness (QED) is 0.799. The summed E-state index contributed by atoms with van der Waals surface area (Å²) in [4.78, 5) is 24.2. The van der Waals surface area contributed by atoms with Gasteiger partial charge in [0.15, 0.2) is 0 Å². The lowest BCUT2D eigenvalue weighted by Gasteiger charge is -2.20. The van der Waals surface area contributed by atoms with Gasteiger partial charge in [0.2, 0.25) is 0 Å². The van der Waals surface area contributed by atoms with E-state index in [0.717, 1.165) is 10.9 Å². The average Bonchev–Trinajstić information content (AvgIpc) is 2.81. The molecule has 124 valence electrons. The van der Waals surface area contributed by atoms with Gasteiger partial charge in [0, 0.05) is 19.6 Å². The van der Waals surface area contributed by atoms with Crippen molar-refractivity contribution in [2.45, 2.75) is 40.2 Å². The van der Waals surface area contributed by atoms with E-state index in [1.807, 2.05) is 13.8 Å². The van der Waals surface area contributed by atoms with Crippen molar-refractivity contribution in [1.29, 1.82) is 0 Å². The van der Waals surface area contributed by atoms with Crippen LogP contribution in [0.4, 0.5) is 8.78 Å². The van der Waals surface area contributed by atoms with E-state index in [9.17, 15) is 18.4 Å². The minimum absolute atomic E-state index is 0.0251.